The van der Waals surface area contributed by atoms with Crippen molar-refractivity contribution in [2.24, 2.45) is 5.92 Å². The second-order valence-corrected chi connectivity index (χ2v) is 8.51. The van der Waals surface area contributed by atoms with Gasteiger partial charge in [-0.25, -0.2) is 4.98 Å². The zero-order chi connectivity index (χ0) is 22.0. The summed E-state index contributed by atoms with van der Waals surface area (Å²) < 4.78 is 5.30. The topological polar surface area (TPSA) is 109 Å². The Kier molecular flexibility index (Phi) is 6.41. The van der Waals surface area contributed by atoms with Crippen LogP contribution in [0.4, 0.5) is 5.82 Å². The first kappa shape index (κ1) is 21.5. The van der Waals surface area contributed by atoms with Crippen molar-refractivity contribution in [2.75, 3.05) is 58.2 Å². The number of morpholine rings is 1. The van der Waals surface area contributed by atoms with E-state index in [0.29, 0.717) is 64.5 Å². The van der Waals surface area contributed by atoms with Crippen LogP contribution in [-0.2, 0) is 14.3 Å². The summed E-state index contributed by atoms with van der Waals surface area (Å²) in [4.78, 5) is 47.4. The summed E-state index contributed by atoms with van der Waals surface area (Å²) in [6.07, 6.45) is 1.92. The van der Waals surface area contributed by atoms with Gasteiger partial charge in [0.05, 0.1) is 24.7 Å². The lowest BCUT2D eigenvalue weighted by molar-refractivity contribution is -0.136. The van der Waals surface area contributed by atoms with Crippen molar-refractivity contribution in [2.45, 2.75) is 32.1 Å². The summed E-state index contributed by atoms with van der Waals surface area (Å²) in [6.45, 7) is 6.64. The SMILES string of the molecule is CCN1CC(C(=O)N2CCC(c3ccc(C(=O)N4CCOCC4)c(N)n3)CC2)CC1=O. The van der Waals surface area contributed by atoms with Gasteiger partial charge in [0, 0.05) is 57.3 Å². The van der Waals surface area contributed by atoms with Gasteiger partial charge < -0.3 is 25.2 Å². The minimum atomic E-state index is -0.219. The molecular formula is C22H31N5O4. The second-order valence-electron chi connectivity index (χ2n) is 8.51. The van der Waals surface area contributed by atoms with E-state index in [1.54, 1.807) is 15.9 Å². The number of nitrogens with two attached hydrogens (primary N) is 1. The lowest BCUT2D eigenvalue weighted by Gasteiger charge is -2.33. The number of hydrogen-bond donors (Lipinski definition) is 1. The standard InChI is InChI=1S/C22H31N5O4/c1-2-25-14-16(13-19(25)28)21(29)26-7-5-15(6-8-26)18-4-3-17(20(23)24-18)22(30)27-9-11-31-12-10-27/h3-4,15-16H,2,5-14H2,1H3,(H2,23,24). The third kappa shape index (κ3) is 4.51. The van der Waals surface area contributed by atoms with Gasteiger partial charge in [-0.1, -0.05) is 0 Å². The van der Waals surface area contributed by atoms with Crippen molar-refractivity contribution in [1.82, 2.24) is 19.7 Å². The minimum absolute atomic E-state index is 0.0714. The number of nitrogens with zero attached hydrogens (tertiary/aromatic N) is 4. The van der Waals surface area contributed by atoms with E-state index in [2.05, 4.69) is 4.98 Å². The Morgan fingerprint density at radius 3 is 2.45 bits per heavy atom. The molecule has 3 saturated heterocycles. The predicted octanol–water partition coefficient (Wildman–Crippen LogP) is 0.711. The molecule has 0 aliphatic carbocycles. The van der Waals surface area contributed by atoms with E-state index < -0.39 is 0 Å². The molecule has 1 aromatic rings. The third-order valence-corrected chi connectivity index (χ3v) is 6.65. The molecule has 0 saturated carbocycles. The van der Waals surface area contributed by atoms with Crippen LogP contribution in [0.25, 0.3) is 0 Å². The number of hydrogen-bond acceptors (Lipinski definition) is 6. The van der Waals surface area contributed by atoms with Crippen LogP contribution in [-0.4, -0.2) is 89.9 Å². The fourth-order valence-corrected chi connectivity index (χ4v) is 4.73. The molecule has 9 heteroatoms. The second kappa shape index (κ2) is 9.21. The number of aromatic nitrogens is 1. The van der Waals surface area contributed by atoms with Crippen LogP contribution < -0.4 is 5.73 Å². The Balaban J connectivity index is 1.34. The number of carbonyl (C=O) groups is 3. The molecule has 9 nitrogen and oxygen atoms in total. The molecule has 1 aromatic heterocycles. The van der Waals surface area contributed by atoms with Crippen LogP contribution >= 0.6 is 0 Å². The number of piperidine rings is 1. The number of anilines is 1. The number of rotatable bonds is 4. The average Bonchev–Trinajstić information content (AvgIpc) is 3.19. The van der Waals surface area contributed by atoms with Gasteiger partial charge in [0.2, 0.25) is 11.8 Å². The Bertz CT molecular complexity index is 846. The Labute approximate surface area is 182 Å². The summed E-state index contributed by atoms with van der Waals surface area (Å²) in [5, 5.41) is 0. The molecule has 3 amide bonds. The monoisotopic (exact) mass is 429 g/mol. The zero-order valence-corrected chi connectivity index (χ0v) is 18.1. The van der Waals surface area contributed by atoms with Gasteiger partial charge in [-0.05, 0) is 31.9 Å². The molecule has 2 N–H and O–H groups in total. The lowest BCUT2D eigenvalue weighted by Crippen LogP contribution is -2.42. The third-order valence-electron chi connectivity index (χ3n) is 6.65. The van der Waals surface area contributed by atoms with Gasteiger partial charge in [0.1, 0.15) is 5.82 Å². The summed E-state index contributed by atoms with van der Waals surface area (Å²) in [5.74, 6) is 0.299. The van der Waals surface area contributed by atoms with Crippen LogP contribution in [0, 0.1) is 5.92 Å². The maximum atomic E-state index is 12.8. The summed E-state index contributed by atoms with van der Waals surface area (Å²) in [6, 6.07) is 3.66. The molecule has 1 unspecified atom stereocenters. The lowest BCUT2D eigenvalue weighted by atomic mass is 9.91. The van der Waals surface area contributed by atoms with Gasteiger partial charge in [0.25, 0.3) is 5.91 Å². The summed E-state index contributed by atoms with van der Waals surface area (Å²) in [7, 11) is 0. The van der Waals surface area contributed by atoms with Crippen molar-refractivity contribution < 1.29 is 19.1 Å². The zero-order valence-electron chi connectivity index (χ0n) is 18.1. The highest BCUT2D eigenvalue weighted by Gasteiger charge is 2.37. The number of pyridine rings is 1. The number of ether oxygens (including phenoxy) is 1. The number of nitrogen functional groups attached to an aromatic ring is 1. The van der Waals surface area contributed by atoms with E-state index in [4.69, 9.17) is 10.5 Å². The molecule has 0 bridgehead atoms. The van der Waals surface area contributed by atoms with Gasteiger partial charge in [-0.3, -0.25) is 14.4 Å². The molecular weight excluding hydrogens is 398 g/mol. The van der Waals surface area contributed by atoms with Crippen molar-refractivity contribution >= 4 is 23.5 Å². The van der Waals surface area contributed by atoms with Crippen molar-refractivity contribution in [3.05, 3.63) is 23.4 Å². The molecule has 168 valence electrons. The maximum absolute atomic E-state index is 12.8. The molecule has 4 rings (SSSR count). The molecule has 4 heterocycles. The molecule has 31 heavy (non-hydrogen) atoms. The van der Waals surface area contributed by atoms with Crippen LogP contribution in [0.5, 0.6) is 0 Å². The maximum Gasteiger partial charge on any atom is 0.257 e. The van der Waals surface area contributed by atoms with Gasteiger partial charge in [0.15, 0.2) is 0 Å². The number of likely N-dealkylation sites (tertiary alicyclic amines) is 2. The van der Waals surface area contributed by atoms with Crippen molar-refractivity contribution in [3.8, 4) is 0 Å². The number of amides is 3. The summed E-state index contributed by atoms with van der Waals surface area (Å²) in [5.41, 5.74) is 7.45. The largest absolute Gasteiger partial charge is 0.383 e. The molecule has 0 radical (unpaired) electrons. The first-order valence-corrected chi connectivity index (χ1v) is 11.2. The minimum Gasteiger partial charge on any atom is -0.383 e. The molecule has 0 spiro atoms. The Morgan fingerprint density at radius 2 is 1.84 bits per heavy atom. The van der Waals surface area contributed by atoms with Gasteiger partial charge in [-0.2, -0.15) is 0 Å². The van der Waals surface area contributed by atoms with E-state index >= 15 is 0 Å². The Hall–Kier alpha value is -2.68. The van der Waals surface area contributed by atoms with Crippen LogP contribution in [0.2, 0.25) is 0 Å². The van der Waals surface area contributed by atoms with E-state index in [9.17, 15) is 14.4 Å². The van der Waals surface area contributed by atoms with E-state index in [0.717, 1.165) is 18.5 Å². The number of carbonyl (C=O) groups excluding carboxylic acids is 3. The van der Waals surface area contributed by atoms with Gasteiger partial charge in [-0.15, -0.1) is 0 Å². The highest BCUT2D eigenvalue weighted by atomic mass is 16.5. The van der Waals surface area contributed by atoms with Crippen LogP contribution in [0.15, 0.2) is 12.1 Å². The highest BCUT2D eigenvalue weighted by molar-refractivity contribution is 5.98. The summed E-state index contributed by atoms with van der Waals surface area (Å²) >= 11 is 0. The van der Waals surface area contributed by atoms with Gasteiger partial charge >= 0.3 is 0 Å². The molecule has 3 fully saturated rings. The van der Waals surface area contributed by atoms with E-state index in [1.807, 2.05) is 17.9 Å². The van der Waals surface area contributed by atoms with Crippen molar-refractivity contribution in [3.63, 3.8) is 0 Å². The molecule has 0 aromatic carbocycles. The van der Waals surface area contributed by atoms with E-state index in [-0.39, 0.29) is 35.4 Å². The quantitative estimate of drug-likeness (QED) is 0.755. The first-order valence-electron chi connectivity index (χ1n) is 11.2. The first-order chi connectivity index (χ1) is 15.0. The van der Waals surface area contributed by atoms with Crippen LogP contribution in [0.3, 0.4) is 0 Å². The van der Waals surface area contributed by atoms with Crippen molar-refractivity contribution in [1.29, 1.82) is 0 Å². The van der Waals surface area contributed by atoms with Crippen LogP contribution in [0.1, 0.15) is 48.2 Å². The molecule has 1 atom stereocenters. The highest BCUT2D eigenvalue weighted by Crippen LogP contribution is 2.30. The molecule has 3 aliphatic rings. The van der Waals surface area contributed by atoms with E-state index in [1.165, 1.54) is 0 Å². The Morgan fingerprint density at radius 1 is 1.13 bits per heavy atom. The predicted molar refractivity (Wildman–Crippen MR) is 114 cm³/mol. The fourth-order valence-electron chi connectivity index (χ4n) is 4.73. The smallest absolute Gasteiger partial charge is 0.257 e. The average molecular weight is 430 g/mol. The molecule has 3 aliphatic heterocycles. The normalized spacial score (nSPS) is 22.8. The fraction of sp³-hybridized carbons (Fsp3) is 0.636.